The third-order valence-corrected chi connectivity index (χ3v) is 3.91. The van der Waals surface area contributed by atoms with Gasteiger partial charge in [-0.15, -0.1) is 0 Å². The summed E-state index contributed by atoms with van der Waals surface area (Å²) in [7, 11) is 1.62. The van der Waals surface area contributed by atoms with E-state index in [1.54, 1.807) is 12.0 Å². The molecule has 1 N–H and O–H groups in total. The molecular formula is C16H23NO4. The van der Waals surface area contributed by atoms with E-state index in [0.717, 1.165) is 18.4 Å². The molecule has 1 aromatic rings. The highest BCUT2D eigenvalue weighted by Crippen LogP contribution is 2.30. The maximum absolute atomic E-state index is 12.2. The molecule has 21 heavy (non-hydrogen) atoms. The second-order valence-electron chi connectivity index (χ2n) is 5.66. The van der Waals surface area contributed by atoms with Gasteiger partial charge in [-0.1, -0.05) is 30.3 Å². The first-order valence-electron chi connectivity index (χ1n) is 7.24. The van der Waals surface area contributed by atoms with Crippen LogP contribution < -0.4 is 0 Å². The fraction of sp³-hybridized carbons (Fsp3) is 0.562. The molecule has 0 aliphatic carbocycles. The molecule has 1 atom stereocenters. The number of carbonyl (C=O) groups excluding carboxylic acids is 1. The summed E-state index contributed by atoms with van der Waals surface area (Å²) < 4.78 is 10.5. The number of likely N-dealkylation sites (tertiary alicyclic amines) is 1. The summed E-state index contributed by atoms with van der Waals surface area (Å²) in [6, 6.07) is 9.61. The van der Waals surface area contributed by atoms with E-state index in [-0.39, 0.29) is 24.7 Å². The van der Waals surface area contributed by atoms with Gasteiger partial charge in [0.25, 0.3) is 0 Å². The van der Waals surface area contributed by atoms with Crippen molar-refractivity contribution in [2.45, 2.75) is 19.4 Å². The van der Waals surface area contributed by atoms with Crippen molar-refractivity contribution >= 4 is 6.09 Å². The van der Waals surface area contributed by atoms with Gasteiger partial charge in [-0.2, -0.15) is 0 Å². The van der Waals surface area contributed by atoms with Crippen molar-refractivity contribution in [1.29, 1.82) is 0 Å². The van der Waals surface area contributed by atoms with E-state index in [9.17, 15) is 9.90 Å². The van der Waals surface area contributed by atoms with E-state index < -0.39 is 0 Å². The molecule has 0 aromatic heterocycles. The summed E-state index contributed by atoms with van der Waals surface area (Å²) in [6.45, 7) is 1.88. The van der Waals surface area contributed by atoms with Gasteiger partial charge in [-0.25, -0.2) is 4.79 Å². The number of hydrogen-bond donors (Lipinski definition) is 1. The molecule has 1 saturated heterocycles. The second kappa shape index (κ2) is 7.43. The molecule has 0 radical (unpaired) electrons. The van der Waals surface area contributed by atoms with Crippen molar-refractivity contribution in [2.75, 3.05) is 33.4 Å². The van der Waals surface area contributed by atoms with Crippen molar-refractivity contribution < 1.29 is 19.4 Å². The lowest BCUT2D eigenvalue weighted by molar-refractivity contribution is -0.0253. The molecule has 1 heterocycles. The molecule has 1 aliphatic heterocycles. The average molecular weight is 293 g/mol. The van der Waals surface area contributed by atoms with E-state index in [0.29, 0.717) is 19.7 Å². The average Bonchev–Trinajstić information content (AvgIpc) is 2.54. The van der Waals surface area contributed by atoms with Crippen molar-refractivity contribution in [3.63, 3.8) is 0 Å². The van der Waals surface area contributed by atoms with Gasteiger partial charge in [0.2, 0.25) is 0 Å². The van der Waals surface area contributed by atoms with E-state index in [2.05, 4.69) is 0 Å². The Morgan fingerprint density at radius 1 is 1.38 bits per heavy atom. The zero-order chi connectivity index (χ0) is 15.1. The number of nitrogens with zero attached hydrogens (tertiary/aromatic N) is 1. The van der Waals surface area contributed by atoms with Gasteiger partial charge in [0.15, 0.2) is 0 Å². The highest BCUT2D eigenvalue weighted by Gasteiger charge is 2.37. The van der Waals surface area contributed by atoms with Crippen molar-refractivity contribution in [1.82, 2.24) is 4.90 Å². The second-order valence-corrected chi connectivity index (χ2v) is 5.66. The molecule has 1 unspecified atom stereocenters. The number of hydrogen-bond acceptors (Lipinski definition) is 4. The fourth-order valence-corrected chi connectivity index (χ4v) is 2.77. The van der Waals surface area contributed by atoms with Crippen molar-refractivity contribution in [2.24, 2.45) is 5.41 Å². The van der Waals surface area contributed by atoms with E-state index >= 15 is 0 Å². The zero-order valence-corrected chi connectivity index (χ0v) is 12.5. The van der Waals surface area contributed by atoms with Crippen molar-refractivity contribution in [3.05, 3.63) is 35.9 Å². The fourth-order valence-electron chi connectivity index (χ4n) is 2.77. The number of amides is 1. The molecule has 0 bridgehead atoms. The van der Waals surface area contributed by atoms with Gasteiger partial charge < -0.3 is 19.5 Å². The van der Waals surface area contributed by atoms with Crippen LogP contribution in [-0.2, 0) is 16.1 Å². The molecular weight excluding hydrogens is 270 g/mol. The summed E-state index contributed by atoms with van der Waals surface area (Å²) in [4.78, 5) is 13.8. The minimum atomic E-state index is -0.362. The van der Waals surface area contributed by atoms with Crippen LogP contribution >= 0.6 is 0 Å². The number of benzene rings is 1. The Bertz CT molecular complexity index is 447. The summed E-state index contributed by atoms with van der Waals surface area (Å²) in [5.41, 5.74) is 0.604. The lowest BCUT2D eigenvalue weighted by Gasteiger charge is -2.40. The Morgan fingerprint density at radius 3 is 2.81 bits per heavy atom. The third kappa shape index (κ3) is 4.19. The Hall–Kier alpha value is -1.59. The summed E-state index contributed by atoms with van der Waals surface area (Å²) in [6.07, 6.45) is 1.39. The third-order valence-electron chi connectivity index (χ3n) is 3.91. The van der Waals surface area contributed by atoms with Crippen LogP contribution in [0.4, 0.5) is 4.79 Å². The summed E-state index contributed by atoms with van der Waals surface area (Å²) in [5, 5.41) is 9.62. The molecule has 1 aromatic carbocycles. The van der Waals surface area contributed by atoms with E-state index in [1.165, 1.54) is 0 Å². The standard InChI is InChI=1S/C16H23NO4/c1-20-13-16(12-18)8-5-9-17(11-16)15(19)21-10-14-6-3-2-4-7-14/h2-4,6-7,18H,5,8-13H2,1H3. The van der Waals surface area contributed by atoms with Crippen LogP contribution in [0.2, 0.25) is 0 Å². The van der Waals surface area contributed by atoms with Gasteiger partial charge in [-0.05, 0) is 18.4 Å². The minimum Gasteiger partial charge on any atom is -0.445 e. The Kier molecular flexibility index (Phi) is 5.59. The Balaban J connectivity index is 1.90. The highest BCUT2D eigenvalue weighted by molar-refractivity contribution is 5.67. The van der Waals surface area contributed by atoms with Gasteiger partial charge in [0.1, 0.15) is 6.61 Å². The van der Waals surface area contributed by atoms with Crippen LogP contribution in [-0.4, -0.2) is 49.5 Å². The van der Waals surface area contributed by atoms with Gasteiger partial charge in [0.05, 0.1) is 13.2 Å². The largest absolute Gasteiger partial charge is 0.445 e. The van der Waals surface area contributed by atoms with Gasteiger partial charge >= 0.3 is 6.09 Å². The zero-order valence-electron chi connectivity index (χ0n) is 12.5. The molecule has 5 nitrogen and oxygen atoms in total. The molecule has 116 valence electrons. The molecule has 0 spiro atoms. The highest BCUT2D eigenvalue weighted by atomic mass is 16.6. The van der Waals surface area contributed by atoms with Crippen LogP contribution in [0.25, 0.3) is 0 Å². The first kappa shape index (κ1) is 15.8. The maximum Gasteiger partial charge on any atom is 0.410 e. The number of aliphatic hydroxyl groups excluding tert-OH is 1. The molecule has 1 amide bonds. The van der Waals surface area contributed by atoms with Crippen LogP contribution in [0.5, 0.6) is 0 Å². The molecule has 5 heteroatoms. The van der Waals surface area contributed by atoms with E-state index in [1.807, 2.05) is 30.3 Å². The lowest BCUT2D eigenvalue weighted by atomic mass is 9.81. The molecule has 1 fully saturated rings. The maximum atomic E-state index is 12.2. The summed E-state index contributed by atoms with van der Waals surface area (Å²) in [5.74, 6) is 0. The Labute approximate surface area is 125 Å². The normalized spacial score (nSPS) is 22.1. The first-order chi connectivity index (χ1) is 10.2. The van der Waals surface area contributed by atoms with Crippen LogP contribution in [0, 0.1) is 5.41 Å². The predicted octanol–water partition coefficient (Wildman–Crippen LogP) is 2.04. The number of carbonyl (C=O) groups is 1. The molecule has 2 rings (SSSR count). The number of piperidine rings is 1. The number of ether oxygens (including phenoxy) is 2. The van der Waals surface area contributed by atoms with Crippen LogP contribution in [0.15, 0.2) is 30.3 Å². The number of aliphatic hydroxyl groups is 1. The molecule has 0 saturated carbocycles. The molecule has 1 aliphatic rings. The van der Waals surface area contributed by atoms with Gasteiger partial charge in [0, 0.05) is 25.6 Å². The lowest BCUT2D eigenvalue weighted by Crippen LogP contribution is -2.50. The van der Waals surface area contributed by atoms with Crippen molar-refractivity contribution in [3.8, 4) is 0 Å². The van der Waals surface area contributed by atoms with Gasteiger partial charge in [-0.3, -0.25) is 0 Å². The Morgan fingerprint density at radius 2 is 2.14 bits per heavy atom. The minimum absolute atomic E-state index is 0.0172. The number of rotatable bonds is 5. The van der Waals surface area contributed by atoms with E-state index in [4.69, 9.17) is 9.47 Å². The van der Waals surface area contributed by atoms with Crippen LogP contribution in [0.1, 0.15) is 18.4 Å². The first-order valence-corrected chi connectivity index (χ1v) is 7.24. The summed E-state index contributed by atoms with van der Waals surface area (Å²) >= 11 is 0. The topological polar surface area (TPSA) is 59.0 Å². The quantitative estimate of drug-likeness (QED) is 0.902. The monoisotopic (exact) mass is 293 g/mol. The SMILES string of the molecule is COCC1(CO)CCCN(C(=O)OCc2ccccc2)C1. The predicted molar refractivity (Wildman–Crippen MR) is 78.8 cm³/mol. The van der Waals surface area contributed by atoms with Crippen LogP contribution in [0.3, 0.4) is 0 Å². The smallest absolute Gasteiger partial charge is 0.410 e. The number of methoxy groups -OCH3 is 1.